The average molecular weight is 429 g/mol. The smallest absolute Gasteiger partial charge is 0.258 e. The molecule has 2 heterocycles. The molecule has 0 fully saturated rings. The van der Waals surface area contributed by atoms with E-state index in [1.54, 1.807) is 32.0 Å². The summed E-state index contributed by atoms with van der Waals surface area (Å²) in [7, 11) is 0. The van der Waals surface area contributed by atoms with Crippen molar-refractivity contribution >= 4 is 29.3 Å². The molecule has 1 aliphatic rings. The lowest BCUT2D eigenvalue weighted by Crippen LogP contribution is -2.48. The van der Waals surface area contributed by atoms with Crippen LogP contribution in [0.5, 0.6) is 0 Å². The third-order valence-corrected chi connectivity index (χ3v) is 5.57. The Morgan fingerprint density at radius 3 is 2.65 bits per heavy atom. The van der Waals surface area contributed by atoms with E-state index in [4.69, 9.17) is 0 Å². The van der Waals surface area contributed by atoms with E-state index in [0.717, 1.165) is 32.3 Å². The fourth-order valence-electron chi connectivity index (χ4n) is 3.52. The molecule has 1 aromatic heterocycles. The number of rotatable bonds is 9. The standard InChI is InChI=1S/C22H29FN6O2/c1-5-29(6-2)11-7-10-24-21-25-13-17(23)18(27-21)26-14-8-9-16-15(12-14)19(30)28-20(31)22(16,3)4/h8-9,12-13H,5-7,10-11H2,1-4H3,(H,28,30,31)(H2,24,25,26,27). The van der Waals surface area contributed by atoms with E-state index in [9.17, 15) is 14.0 Å². The van der Waals surface area contributed by atoms with Crippen molar-refractivity contribution < 1.29 is 14.0 Å². The number of aromatic nitrogens is 2. The van der Waals surface area contributed by atoms with Gasteiger partial charge in [-0.3, -0.25) is 14.9 Å². The molecule has 2 amide bonds. The van der Waals surface area contributed by atoms with Crippen LogP contribution in [-0.2, 0) is 10.2 Å². The maximum Gasteiger partial charge on any atom is 0.258 e. The summed E-state index contributed by atoms with van der Waals surface area (Å²) in [6, 6.07) is 5.00. The highest BCUT2D eigenvalue weighted by molar-refractivity contribution is 6.13. The first-order chi connectivity index (χ1) is 14.8. The minimum Gasteiger partial charge on any atom is -0.354 e. The van der Waals surface area contributed by atoms with E-state index in [2.05, 4.69) is 44.7 Å². The Morgan fingerprint density at radius 2 is 1.94 bits per heavy atom. The van der Waals surface area contributed by atoms with Crippen molar-refractivity contribution in [1.29, 1.82) is 0 Å². The molecule has 0 radical (unpaired) electrons. The minimum absolute atomic E-state index is 0.00717. The van der Waals surface area contributed by atoms with Crippen LogP contribution in [0.4, 0.5) is 21.8 Å². The van der Waals surface area contributed by atoms with Crippen molar-refractivity contribution in [3.8, 4) is 0 Å². The zero-order valence-electron chi connectivity index (χ0n) is 18.4. The SMILES string of the molecule is CCN(CC)CCCNc1ncc(F)c(Nc2ccc3c(c2)C(=O)NC(=O)C3(C)C)n1. The summed E-state index contributed by atoms with van der Waals surface area (Å²) < 4.78 is 14.3. The molecule has 1 aliphatic heterocycles. The number of anilines is 3. The predicted octanol–water partition coefficient (Wildman–Crippen LogP) is 3.05. The van der Waals surface area contributed by atoms with Crippen LogP contribution in [0.15, 0.2) is 24.4 Å². The van der Waals surface area contributed by atoms with Gasteiger partial charge in [0, 0.05) is 17.8 Å². The number of fused-ring (bicyclic) bond motifs is 1. The Balaban J connectivity index is 1.72. The van der Waals surface area contributed by atoms with Gasteiger partial charge in [-0.1, -0.05) is 19.9 Å². The van der Waals surface area contributed by atoms with Gasteiger partial charge in [0.1, 0.15) is 0 Å². The van der Waals surface area contributed by atoms with Gasteiger partial charge >= 0.3 is 0 Å². The number of carbonyl (C=O) groups is 2. The summed E-state index contributed by atoms with van der Waals surface area (Å²) in [6.45, 7) is 11.4. The number of benzene rings is 1. The molecule has 0 bridgehead atoms. The second-order valence-corrected chi connectivity index (χ2v) is 7.99. The number of hydrogen-bond acceptors (Lipinski definition) is 7. The van der Waals surface area contributed by atoms with Crippen molar-refractivity contribution in [2.45, 2.75) is 39.5 Å². The molecular formula is C22H29FN6O2. The minimum atomic E-state index is -0.829. The highest BCUT2D eigenvalue weighted by Gasteiger charge is 2.39. The van der Waals surface area contributed by atoms with Crippen molar-refractivity contribution in [3.63, 3.8) is 0 Å². The lowest BCUT2D eigenvalue weighted by atomic mass is 9.78. The van der Waals surface area contributed by atoms with E-state index >= 15 is 0 Å². The van der Waals surface area contributed by atoms with Gasteiger partial charge in [-0.15, -0.1) is 0 Å². The first-order valence-electron chi connectivity index (χ1n) is 10.5. The number of amides is 2. The number of nitrogens with zero attached hydrogens (tertiary/aromatic N) is 3. The first kappa shape index (κ1) is 22.6. The lowest BCUT2D eigenvalue weighted by molar-refractivity contribution is -0.125. The van der Waals surface area contributed by atoms with Gasteiger partial charge in [-0.05, 0) is 57.6 Å². The molecule has 0 spiro atoms. The maximum absolute atomic E-state index is 14.3. The van der Waals surface area contributed by atoms with Crippen molar-refractivity contribution in [3.05, 3.63) is 41.3 Å². The van der Waals surface area contributed by atoms with Crippen LogP contribution in [0.25, 0.3) is 0 Å². The van der Waals surface area contributed by atoms with Crippen LogP contribution in [0.2, 0.25) is 0 Å². The Hall–Kier alpha value is -3.07. The van der Waals surface area contributed by atoms with Gasteiger partial charge in [0.05, 0.1) is 11.6 Å². The zero-order valence-corrected chi connectivity index (χ0v) is 18.4. The Kier molecular flexibility index (Phi) is 6.84. The van der Waals surface area contributed by atoms with Gasteiger partial charge in [0.15, 0.2) is 11.6 Å². The molecule has 0 unspecified atom stereocenters. The molecule has 3 N–H and O–H groups in total. The van der Waals surface area contributed by atoms with Crippen molar-refractivity contribution in [2.75, 3.05) is 36.8 Å². The van der Waals surface area contributed by atoms with E-state index in [1.807, 2.05) is 0 Å². The number of halogens is 1. The molecule has 2 aromatic rings. The van der Waals surface area contributed by atoms with Crippen LogP contribution in [0, 0.1) is 5.82 Å². The molecule has 0 aliphatic carbocycles. The topological polar surface area (TPSA) is 99.2 Å². The summed E-state index contributed by atoms with van der Waals surface area (Å²) in [4.78, 5) is 34.9. The van der Waals surface area contributed by atoms with Crippen molar-refractivity contribution in [2.24, 2.45) is 0 Å². The highest BCUT2D eigenvalue weighted by Crippen LogP contribution is 2.33. The zero-order chi connectivity index (χ0) is 22.6. The summed E-state index contributed by atoms with van der Waals surface area (Å²) in [5, 5.41) is 8.39. The molecule has 0 atom stereocenters. The van der Waals surface area contributed by atoms with E-state index in [-0.39, 0.29) is 11.7 Å². The highest BCUT2D eigenvalue weighted by atomic mass is 19.1. The number of carbonyl (C=O) groups excluding carboxylic acids is 2. The fraction of sp³-hybridized carbons (Fsp3) is 0.455. The summed E-state index contributed by atoms with van der Waals surface area (Å²) in [5.41, 5.74) is 0.665. The summed E-state index contributed by atoms with van der Waals surface area (Å²) in [6.07, 6.45) is 2.02. The molecule has 0 saturated carbocycles. The monoisotopic (exact) mass is 428 g/mol. The van der Waals surface area contributed by atoms with Crippen LogP contribution >= 0.6 is 0 Å². The lowest BCUT2D eigenvalue weighted by Gasteiger charge is -2.30. The van der Waals surface area contributed by atoms with E-state index in [0.29, 0.717) is 29.3 Å². The third-order valence-electron chi connectivity index (χ3n) is 5.57. The molecule has 8 nitrogen and oxygen atoms in total. The summed E-state index contributed by atoms with van der Waals surface area (Å²) >= 11 is 0. The predicted molar refractivity (Wildman–Crippen MR) is 118 cm³/mol. The van der Waals surface area contributed by atoms with Gasteiger partial charge in [0.25, 0.3) is 5.91 Å². The fourth-order valence-corrected chi connectivity index (χ4v) is 3.52. The van der Waals surface area contributed by atoms with Gasteiger partial charge in [-0.2, -0.15) is 4.98 Å². The van der Waals surface area contributed by atoms with Crippen LogP contribution < -0.4 is 16.0 Å². The number of hydrogen-bond donors (Lipinski definition) is 3. The molecular weight excluding hydrogens is 399 g/mol. The molecule has 31 heavy (non-hydrogen) atoms. The quantitative estimate of drug-likeness (QED) is 0.417. The normalized spacial score (nSPS) is 14.9. The van der Waals surface area contributed by atoms with Gasteiger partial charge in [0.2, 0.25) is 11.9 Å². The first-order valence-corrected chi connectivity index (χ1v) is 10.5. The number of nitrogens with one attached hydrogen (secondary N) is 3. The Morgan fingerprint density at radius 1 is 1.19 bits per heavy atom. The van der Waals surface area contributed by atoms with Crippen LogP contribution in [-0.4, -0.2) is 52.9 Å². The van der Waals surface area contributed by atoms with Crippen LogP contribution in [0.1, 0.15) is 50.0 Å². The summed E-state index contributed by atoms with van der Waals surface area (Å²) in [5.74, 6) is -1.09. The van der Waals surface area contributed by atoms with Gasteiger partial charge < -0.3 is 15.5 Å². The molecule has 9 heteroatoms. The second-order valence-electron chi connectivity index (χ2n) is 7.99. The molecule has 0 saturated heterocycles. The number of imide groups is 1. The molecule has 3 rings (SSSR count). The largest absolute Gasteiger partial charge is 0.354 e. The van der Waals surface area contributed by atoms with Crippen molar-refractivity contribution in [1.82, 2.24) is 20.2 Å². The molecule has 1 aromatic carbocycles. The average Bonchev–Trinajstić information content (AvgIpc) is 2.75. The third kappa shape index (κ3) is 4.99. The maximum atomic E-state index is 14.3. The van der Waals surface area contributed by atoms with Gasteiger partial charge in [-0.25, -0.2) is 9.37 Å². The van der Waals surface area contributed by atoms with E-state index in [1.165, 1.54) is 0 Å². The van der Waals surface area contributed by atoms with Crippen LogP contribution in [0.3, 0.4) is 0 Å². The molecule has 166 valence electrons. The Bertz CT molecular complexity index is 974. The second kappa shape index (κ2) is 9.38. The Labute approximate surface area is 181 Å². The van der Waals surface area contributed by atoms with E-state index < -0.39 is 17.1 Å².